The average molecular weight is 355 g/mol. The normalized spacial score (nSPS) is 11.1. The molecule has 0 aromatic heterocycles. The van der Waals surface area contributed by atoms with Crippen molar-refractivity contribution in [2.45, 2.75) is 11.4 Å². The van der Waals surface area contributed by atoms with E-state index in [9.17, 15) is 13.2 Å². The third-order valence-corrected chi connectivity index (χ3v) is 4.42. The van der Waals surface area contributed by atoms with Gasteiger partial charge in [-0.15, -0.1) is 0 Å². The van der Waals surface area contributed by atoms with Crippen molar-refractivity contribution in [1.82, 2.24) is 5.32 Å². The van der Waals surface area contributed by atoms with Crippen LogP contribution in [0.4, 0.5) is 0 Å². The van der Waals surface area contributed by atoms with E-state index in [1.54, 1.807) is 24.3 Å². The van der Waals surface area contributed by atoms with Crippen molar-refractivity contribution in [2.24, 2.45) is 5.14 Å². The molecule has 0 spiro atoms. The molecule has 0 bridgehead atoms. The second kappa shape index (κ2) is 6.99. The Morgan fingerprint density at radius 1 is 1.26 bits per heavy atom. The Balaban J connectivity index is 2.26. The van der Waals surface area contributed by atoms with Gasteiger partial charge in [-0.25, -0.2) is 13.6 Å². The van der Waals surface area contributed by atoms with Gasteiger partial charge in [-0.1, -0.05) is 29.8 Å². The molecule has 1 amide bonds. The molecular weight excluding hydrogens is 340 g/mol. The van der Waals surface area contributed by atoms with Crippen molar-refractivity contribution in [1.29, 1.82) is 0 Å². The number of hydrogen-bond acceptors (Lipinski definition) is 4. The topological polar surface area (TPSA) is 98.5 Å². The first-order valence-electron chi connectivity index (χ1n) is 6.55. The molecule has 2 rings (SSSR count). The summed E-state index contributed by atoms with van der Waals surface area (Å²) in [4.78, 5) is 12.2. The minimum absolute atomic E-state index is 0.0751. The number of nitrogens with one attached hydrogen (secondary N) is 1. The van der Waals surface area contributed by atoms with Crippen molar-refractivity contribution < 1.29 is 17.9 Å². The van der Waals surface area contributed by atoms with E-state index >= 15 is 0 Å². The highest BCUT2D eigenvalue weighted by Crippen LogP contribution is 2.22. The average Bonchev–Trinajstić information content (AvgIpc) is 2.52. The van der Waals surface area contributed by atoms with E-state index in [0.717, 1.165) is 5.56 Å². The number of carbonyl (C=O) groups is 1. The molecule has 0 unspecified atom stereocenters. The van der Waals surface area contributed by atoms with E-state index in [1.807, 2.05) is 0 Å². The Morgan fingerprint density at radius 3 is 2.57 bits per heavy atom. The molecule has 0 atom stereocenters. The summed E-state index contributed by atoms with van der Waals surface area (Å²) in [6.45, 7) is 0.196. The van der Waals surface area contributed by atoms with E-state index in [1.165, 1.54) is 25.3 Å². The van der Waals surface area contributed by atoms with Gasteiger partial charge in [0.25, 0.3) is 5.91 Å². The highest BCUT2D eigenvalue weighted by Gasteiger charge is 2.17. The van der Waals surface area contributed by atoms with Crippen molar-refractivity contribution >= 4 is 27.5 Å². The summed E-state index contributed by atoms with van der Waals surface area (Å²) in [5.41, 5.74) is 0.815. The van der Waals surface area contributed by atoms with Crippen LogP contribution in [0.2, 0.25) is 5.02 Å². The second-order valence-corrected chi connectivity index (χ2v) is 6.65. The fourth-order valence-corrected chi connectivity index (χ4v) is 2.70. The van der Waals surface area contributed by atoms with Crippen molar-refractivity contribution in [3.8, 4) is 5.75 Å². The van der Waals surface area contributed by atoms with Gasteiger partial charge in [0.2, 0.25) is 10.0 Å². The molecule has 6 nitrogen and oxygen atoms in total. The van der Waals surface area contributed by atoms with E-state index in [2.05, 4.69) is 5.32 Å². The molecule has 0 saturated carbocycles. The number of halogens is 1. The Bertz CT molecular complexity index is 837. The molecule has 2 aromatic rings. The molecule has 0 aliphatic heterocycles. The van der Waals surface area contributed by atoms with Crippen molar-refractivity contribution in [3.63, 3.8) is 0 Å². The van der Waals surface area contributed by atoms with Crippen LogP contribution in [0, 0.1) is 0 Å². The number of ether oxygens (including phenoxy) is 1. The van der Waals surface area contributed by atoms with Crippen molar-refractivity contribution in [2.75, 3.05) is 7.11 Å². The molecular formula is C15H15ClN2O4S. The van der Waals surface area contributed by atoms with Gasteiger partial charge in [0.05, 0.1) is 17.6 Å². The second-order valence-electron chi connectivity index (χ2n) is 4.68. The Labute approximate surface area is 139 Å². The number of methoxy groups -OCH3 is 1. The van der Waals surface area contributed by atoms with Gasteiger partial charge in [0.1, 0.15) is 5.75 Å². The fraction of sp³-hybridized carbons (Fsp3) is 0.133. The number of primary sulfonamides is 1. The van der Waals surface area contributed by atoms with Crippen LogP contribution in [-0.4, -0.2) is 21.4 Å². The van der Waals surface area contributed by atoms with Crippen molar-refractivity contribution in [3.05, 3.63) is 58.6 Å². The van der Waals surface area contributed by atoms with Gasteiger partial charge in [-0.05, 0) is 29.8 Å². The summed E-state index contributed by atoms with van der Waals surface area (Å²) in [7, 11) is -2.53. The lowest BCUT2D eigenvalue weighted by molar-refractivity contribution is 0.0947. The smallest absolute Gasteiger partial charge is 0.255 e. The first kappa shape index (κ1) is 17.3. The van der Waals surface area contributed by atoms with Gasteiger partial charge in [0.15, 0.2) is 0 Å². The maximum absolute atomic E-state index is 12.3. The molecule has 0 radical (unpaired) electrons. The molecule has 3 N–H and O–H groups in total. The Morgan fingerprint density at radius 2 is 1.96 bits per heavy atom. The summed E-state index contributed by atoms with van der Waals surface area (Å²) in [5, 5.41) is 8.28. The van der Waals surface area contributed by atoms with Crippen LogP contribution in [0.15, 0.2) is 47.4 Å². The number of rotatable bonds is 5. The molecule has 0 fully saturated rings. The van der Waals surface area contributed by atoms with Gasteiger partial charge < -0.3 is 10.1 Å². The van der Waals surface area contributed by atoms with Crippen LogP contribution in [0.5, 0.6) is 5.75 Å². The van der Waals surface area contributed by atoms with Crippen LogP contribution < -0.4 is 15.2 Å². The minimum atomic E-state index is -3.91. The van der Waals surface area contributed by atoms with Gasteiger partial charge in [-0.2, -0.15) is 0 Å². The number of sulfonamides is 1. The van der Waals surface area contributed by atoms with E-state index in [4.69, 9.17) is 21.5 Å². The number of amides is 1. The molecule has 0 aliphatic rings. The van der Waals surface area contributed by atoms with E-state index in [0.29, 0.717) is 5.02 Å². The molecule has 8 heteroatoms. The third-order valence-electron chi connectivity index (χ3n) is 3.14. The van der Waals surface area contributed by atoms with E-state index < -0.39 is 15.9 Å². The molecule has 0 aliphatic carbocycles. The first-order chi connectivity index (χ1) is 10.8. The standard InChI is InChI=1S/C15H15ClN2O4S/c1-22-14-7-6-11(23(17,20)21)8-12(14)15(19)18-9-10-4-2-3-5-13(10)16/h2-8H,9H2,1H3,(H,18,19)(H2,17,20,21). The quantitative estimate of drug-likeness (QED) is 0.857. The first-order valence-corrected chi connectivity index (χ1v) is 8.48. The molecule has 0 heterocycles. The van der Waals surface area contributed by atoms with E-state index in [-0.39, 0.29) is 22.8 Å². The molecule has 122 valence electrons. The van der Waals surface area contributed by atoms with Crippen LogP contribution in [0.3, 0.4) is 0 Å². The number of hydrogen-bond donors (Lipinski definition) is 2. The zero-order chi connectivity index (χ0) is 17.0. The molecule has 23 heavy (non-hydrogen) atoms. The zero-order valence-electron chi connectivity index (χ0n) is 12.2. The summed E-state index contributed by atoms with van der Waals surface area (Å²) >= 11 is 6.03. The van der Waals surface area contributed by atoms with Crippen LogP contribution in [-0.2, 0) is 16.6 Å². The summed E-state index contributed by atoms with van der Waals surface area (Å²) in [5.74, 6) is -0.249. The number of carbonyl (C=O) groups excluding carboxylic acids is 1. The Kier molecular flexibility index (Phi) is 5.25. The predicted octanol–water partition coefficient (Wildman–Crippen LogP) is 1.93. The van der Waals surface area contributed by atoms with Gasteiger partial charge >= 0.3 is 0 Å². The summed E-state index contributed by atoms with van der Waals surface area (Å²) in [6.07, 6.45) is 0. The lowest BCUT2D eigenvalue weighted by Crippen LogP contribution is -2.24. The third kappa shape index (κ3) is 4.22. The highest BCUT2D eigenvalue weighted by atomic mass is 35.5. The lowest BCUT2D eigenvalue weighted by Gasteiger charge is -2.11. The van der Waals surface area contributed by atoms with Crippen LogP contribution in [0.1, 0.15) is 15.9 Å². The maximum Gasteiger partial charge on any atom is 0.255 e. The molecule has 0 saturated heterocycles. The monoisotopic (exact) mass is 354 g/mol. The fourth-order valence-electron chi connectivity index (χ4n) is 1.95. The molecule has 2 aromatic carbocycles. The zero-order valence-corrected chi connectivity index (χ0v) is 13.8. The highest BCUT2D eigenvalue weighted by molar-refractivity contribution is 7.89. The minimum Gasteiger partial charge on any atom is -0.496 e. The number of benzene rings is 2. The predicted molar refractivity (Wildman–Crippen MR) is 87.0 cm³/mol. The number of nitrogens with two attached hydrogens (primary N) is 1. The SMILES string of the molecule is COc1ccc(S(N)(=O)=O)cc1C(=O)NCc1ccccc1Cl. The lowest BCUT2D eigenvalue weighted by atomic mass is 10.1. The van der Waals surface area contributed by atoms with Crippen LogP contribution >= 0.6 is 11.6 Å². The van der Waals surface area contributed by atoms with Crippen LogP contribution in [0.25, 0.3) is 0 Å². The van der Waals surface area contributed by atoms with Gasteiger partial charge in [-0.3, -0.25) is 4.79 Å². The van der Waals surface area contributed by atoms with Gasteiger partial charge in [0, 0.05) is 11.6 Å². The summed E-state index contributed by atoms with van der Waals surface area (Å²) in [6, 6.07) is 10.9. The largest absolute Gasteiger partial charge is 0.496 e. The Hall–Kier alpha value is -2.09. The maximum atomic E-state index is 12.3. The summed E-state index contributed by atoms with van der Waals surface area (Å²) < 4.78 is 27.9.